The van der Waals surface area contributed by atoms with Crippen molar-refractivity contribution in [3.05, 3.63) is 150 Å². The third-order valence-corrected chi connectivity index (χ3v) is 8.17. The minimum absolute atomic E-state index is 0.0259. The number of rotatable bonds is 11. The molecule has 0 aliphatic carbocycles. The predicted molar refractivity (Wildman–Crippen MR) is 160 cm³/mol. The minimum atomic E-state index is -4.11. The van der Waals surface area contributed by atoms with Crippen molar-refractivity contribution in [2.75, 3.05) is 10.0 Å². The fraction of sp³-hybridized carbons (Fsp3) is 0.0938. The number of aliphatic hydroxyl groups excluding tert-OH is 1. The number of nitrogens with zero attached hydrogens (tertiary/aromatic N) is 2. The predicted octanol–water partition coefficient (Wildman–Crippen LogP) is 5.65. The van der Waals surface area contributed by atoms with Gasteiger partial charge in [-0.3, -0.25) is 9.71 Å². The zero-order valence-electron chi connectivity index (χ0n) is 22.3. The first-order valence-corrected chi connectivity index (χ1v) is 14.6. The summed E-state index contributed by atoms with van der Waals surface area (Å²) >= 11 is 0. The zero-order chi connectivity index (χ0) is 29.5. The molecular formula is C32H28N4O5S. The maximum absolute atomic E-state index is 13.5. The number of sulfonamides is 1. The van der Waals surface area contributed by atoms with E-state index in [2.05, 4.69) is 20.0 Å². The summed E-state index contributed by atoms with van der Waals surface area (Å²) in [5.41, 5.74) is 2.04. The Hall–Kier alpha value is -5.06. The number of aliphatic hydroxyl groups is 1. The Balaban J connectivity index is 1.62. The lowest BCUT2D eigenvalue weighted by Gasteiger charge is -2.33. The summed E-state index contributed by atoms with van der Waals surface area (Å²) in [7, 11) is -4.11. The molecule has 0 saturated heterocycles. The molecule has 10 heteroatoms. The van der Waals surface area contributed by atoms with E-state index in [9.17, 15) is 23.4 Å². The van der Waals surface area contributed by atoms with Crippen LogP contribution in [0.5, 0.6) is 0 Å². The van der Waals surface area contributed by atoms with Crippen molar-refractivity contribution >= 4 is 27.5 Å². The Bertz CT molecular complexity index is 1740. The molecular weight excluding hydrogens is 552 g/mol. The van der Waals surface area contributed by atoms with Crippen LogP contribution in [-0.4, -0.2) is 34.6 Å². The quantitative estimate of drug-likeness (QED) is 0.157. The highest BCUT2D eigenvalue weighted by atomic mass is 32.2. The van der Waals surface area contributed by atoms with Crippen molar-refractivity contribution in [1.82, 2.24) is 9.97 Å². The number of carbonyl (C=O) groups is 1. The minimum Gasteiger partial charge on any atom is -0.478 e. The van der Waals surface area contributed by atoms with Gasteiger partial charge in [-0.25, -0.2) is 18.2 Å². The van der Waals surface area contributed by atoms with Crippen LogP contribution in [0.1, 0.15) is 45.2 Å². The van der Waals surface area contributed by atoms with Gasteiger partial charge in [0.2, 0.25) is 0 Å². The summed E-state index contributed by atoms with van der Waals surface area (Å²) in [6.07, 6.45) is 2.25. The topological polar surface area (TPSA) is 142 Å². The van der Waals surface area contributed by atoms with E-state index in [1.807, 2.05) is 48.5 Å². The Morgan fingerprint density at radius 3 is 2.02 bits per heavy atom. The number of anilines is 2. The molecule has 9 nitrogen and oxygen atoms in total. The normalized spacial score (nSPS) is 13.5. The summed E-state index contributed by atoms with van der Waals surface area (Å²) in [6, 6.07) is 31.2. The molecule has 0 bridgehead atoms. The maximum atomic E-state index is 13.5. The summed E-state index contributed by atoms with van der Waals surface area (Å²) in [4.78, 5) is 20.2. The molecule has 4 N–H and O–H groups in total. The fourth-order valence-corrected chi connectivity index (χ4v) is 5.84. The van der Waals surface area contributed by atoms with Gasteiger partial charge in [0.1, 0.15) is 5.82 Å². The van der Waals surface area contributed by atoms with E-state index < -0.39 is 34.1 Å². The number of pyridine rings is 2. The monoisotopic (exact) mass is 580 g/mol. The van der Waals surface area contributed by atoms with E-state index in [1.54, 1.807) is 54.9 Å². The van der Waals surface area contributed by atoms with E-state index in [-0.39, 0.29) is 16.1 Å². The van der Waals surface area contributed by atoms with E-state index in [1.165, 1.54) is 24.3 Å². The molecule has 0 aliphatic rings. The molecule has 5 rings (SSSR count). The molecule has 0 spiro atoms. The van der Waals surface area contributed by atoms with Crippen LogP contribution in [0.15, 0.2) is 133 Å². The van der Waals surface area contributed by atoms with Gasteiger partial charge < -0.3 is 15.5 Å². The Kier molecular flexibility index (Phi) is 8.56. The number of carboxylic acid groups (broad SMARTS) is 1. The Morgan fingerprint density at radius 2 is 1.38 bits per heavy atom. The molecule has 0 saturated carbocycles. The highest BCUT2D eigenvalue weighted by Gasteiger charge is 2.35. The smallest absolute Gasteiger partial charge is 0.335 e. The number of carboxylic acids is 1. The standard InChI is InChI=1S/C32H28N4O5S/c37-31(22-10-2-1-3-11-22)29(27-14-6-8-20-33-27)30(35-28-15-7-9-21-34-28)25-12-4-5-13-26(25)36-42(40,41)24-18-16-23(17-19-24)32(38)39/h1-21,29-31,36-37H,(H,34,35)(H,38,39). The summed E-state index contributed by atoms with van der Waals surface area (Å²) in [5, 5.41) is 24.5. The van der Waals surface area contributed by atoms with Crippen LogP contribution in [-0.2, 0) is 10.0 Å². The molecule has 5 aromatic rings. The molecule has 3 aromatic carbocycles. The molecule has 0 aliphatic heterocycles. The third-order valence-electron chi connectivity index (χ3n) is 6.79. The van der Waals surface area contributed by atoms with Crippen LogP contribution in [0.25, 0.3) is 0 Å². The molecule has 0 radical (unpaired) electrons. The van der Waals surface area contributed by atoms with Gasteiger partial charge in [-0.15, -0.1) is 0 Å². The SMILES string of the molecule is O=C(O)c1ccc(S(=O)(=O)Nc2ccccc2C(Nc2ccccn2)C(c2ccccn2)C(O)c2ccccc2)cc1. The lowest BCUT2D eigenvalue weighted by molar-refractivity contribution is 0.0696. The number of nitrogens with one attached hydrogen (secondary N) is 2. The van der Waals surface area contributed by atoms with Crippen molar-refractivity contribution in [2.24, 2.45) is 0 Å². The van der Waals surface area contributed by atoms with Crippen LogP contribution in [0.2, 0.25) is 0 Å². The molecule has 3 atom stereocenters. The molecule has 2 aromatic heterocycles. The van der Waals surface area contributed by atoms with Crippen LogP contribution in [0, 0.1) is 0 Å². The average molecular weight is 581 g/mol. The van der Waals surface area contributed by atoms with Gasteiger partial charge in [-0.2, -0.15) is 0 Å². The van der Waals surface area contributed by atoms with Crippen molar-refractivity contribution in [3.63, 3.8) is 0 Å². The highest BCUT2D eigenvalue weighted by molar-refractivity contribution is 7.92. The lowest BCUT2D eigenvalue weighted by atomic mass is 9.82. The molecule has 0 amide bonds. The summed E-state index contributed by atoms with van der Waals surface area (Å²) < 4.78 is 29.6. The number of hydrogen-bond acceptors (Lipinski definition) is 7. The van der Waals surface area contributed by atoms with Gasteiger partial charge in [0.15, 0.2) is 0 Å². The lowest BCUT2D eigenvalue weighted by Crippen LogP contribution is -2.27. The van der Waals surface area contributed by atoms with Gasteiger partial charge in [0.05, 0.1) is 34.2 Å². The number of benzene rings is 3. The Labute approximate surface area is 243 Å². The Morgan fingerprint density at radius 1 is 0.738 bits per heavy atom. The van der Waals surface area contributed by atoms with Gasteiger partial charge in [0.25, 0.3) is 10.0 Å². The second kappa shape index (κ2) is 12.6. The van der Waals surface area contributed by atoms with Crippen LogP contribution >= 0.6 is 0 Å². The molecule has 42 heavy (non-hydrogen) atoms. The second-order valence-corrected chi connectivity index (χ2v) is 11.2. The molecule has 2 heterocycles. The van der Waals surface area contributed by atoms with E-state index >= 15 is 0 Å². The van der Waals surface area contributed by atoms with Gasteiger partial charge >= 0.3 is 5.97 Å². The number of hydrogen-bond donors (Lipinski definition) is 4. The van der Waals surface area contributed by atoms with Crippen molar-refractivity contribution in [2.45, 2.75) is 23.0 Å². The van der Waals surface area contributed by atoms with Gasteiger partial charge in [-0.1, -0.05) is 60.7 Å². The van der Waals surface area contributed by atoms with Gasteiger partial charge in [-0.05, 0) is 65.7 Å². The third kappa shape index (κ3) is 6.46. The fourth-order valence-electron chi connectivity index (χ4n) is 4.76. The summed E-state index contributed by atoms with van der Waals surface area (Å²) in [6.45, 7) is 0. The molecule has 0 fully saturated rings. The highest BCUT2D eigenvalue weighted by Crippen LogP contribution is 2.44. The molecule has 212 valence electrons. The molecule has 3 unspecified atom stereocenters. The maximum Gasteiger partial charge on any atom is 0.335 e. The largest absolute Gasteiger partial charge is 0.478 e. The first kappa shape index (κ1) is 28.5. The first-order chi connectivity index (χ1) is 20.3. The number of aromatic carboxylic acids is 1. The first-order valence-electron chi connectivity index (χ1n) is 13.1. The van der Waals surface area contributed by atoms with Crippen LogP contribution in [0.3, 0.4) is 0 Å². The van der Waals surface area contributed by atoms with Crippen molar-refractivity contribution in [3.8, 4) is 0 Å². The second-order valence-electron chi connectivity index (χ2n) is 9.50. The number of para-hydroxylation sites is 1. The van der Waals surface area contributed by atoms with E-state index in [0.717, 1.165) is 0 Å². The average Bonchev–Trinajstić information content (AvgIpc) is 3.02. The van der Waals surface area contributed by atoms with Gasteiger partial charge in [0, 0.05) is 18.1 Å². The summed E-state index contributed by atoms with van der Waals surface area (Å²) in [5.74, 6) is -1.32. The van der Waals surface area contributed by atoms with Crippen LogP contribution < -0.4 is 10.0 Å². The van der Waals surface area contributed by atoms with Crippen molar-refractivity contribution < 1.29 is 23.4 Å². The zero-order valence-corrected chi connectivity index (χ0v) is 23.1. The van der Waals surface area contributed by atoms with E-state index in [4.69, 9.17) is 0 Å². The van der Waals surface area contributed by atoms with E-state index in [0.29, 0.717) is 22.6 Å². The number of aromatic nitrogens is 2. The van der Waals surface area contributed by atoms with Crippen LogP contribution in [0.4, 0.5) is 11.5 Å². The van der Waals surface area contributed by atoms with Crippen molar-refractivity contribution in [1.29, 1.82) is 0 Å².